The molecule has 0 bridgehead atoms. The van der Waals surface area contributed by atoms with Crippen molar-refractivity contribution in [3.63, 3.8) is 0 Å². The van der Waals surface area contributed by atoms with Gasteiger partial charge in [0, 0.05) is 17.1 Å². The fourth-order valence-electron chi connectivity index (χ4n) is 2.04. The van der Waals surface area contributed by atoms with Crippen LogP contribution in [-0.4, -0.2) is 15.6 Å². The van der Waals surface area contributed by atoms with Crippen LogP contribution in [0.3, 0.4) is 0 Å². The fraction of sp³-hybridized carbons (Fsp3) is 0.308. The Morgan fingerprint density at radius 3 is 2.81 bits per heavy atom. The molecule has 16 heavy (non-hydrogen) atoms. The minimum Gasteiger partial charge on any atom is -0.480 e. The zero-order chi connectivity index (χ0) is 11.7. The van der Waals surface area contributed by atoms with Crippen LogP contribution in [0.2, 0.25) is 0 Å². The quantitative estimate of drug-likeness (QED) is 0.858. The topological polar surface area (TPSA) is 42.2 Å². The van der Waals surface area contributed by atoms with Crippen molar-refractivity contribution >= 4 is 16.9 Å². The molecule has 1 N–H and O–H groups in total. The molecule has 84 valence electrons. The summed E-state index contributed by atoms with van der Waals surface area (Å²) in [6.45, 7) is 4.13. The van der Waals surface area contributed by atoms with Crippen LogP contribution < -0.4 is 0 Å². The molecule has 0 aliphatic carbocycles. The first-order chi connectivity index (χ1) is 7.61. The van der Waals surface area contributed by atoms with Crippen molar-refractivity contribution in [3.8, 4) is 0 Å². The number of carbonyl (C=O) groups is 1. The zero-order valence-electron chi connectivity index (χ0n) is 9.53. The van der Waals surface area contributed by atoms with Gasteiger partial charge in [-0.3, -0.25) is 4.79 Å². The second kappa shape index (κ2) is 4.00. The second-order valence-electron chi connectivity index (χ2n) is 4.05. The van der Waals surface area contributed by atoms with Crippen LogP contribution in [0.1, 0.15) is 18.1 Å². The Balaban J connectivity index is 2.63. The molecule has 0 aliphatic heterocycles. The van der Waals surface area contributed by atoms with Gasteiger partial charge in [-0.1, -0.05) is 19.1 Å². The summed E-state index contributed by atoms with van der Waals surface area (Å²) in [5.41, 5.74) is 3.37. The van der Waals surface area contributed by atoms with Gasteiger partial charge in [0.2, 0.25) is 0 Å². The van der Waals surface area contributed by atoms with Crippen molar-refractivity contribution in [3.05, 3.63) is 35.5 Å². The summed E-state index contributed by atoms with van der Waals surface area (Å²) >= 11 is 0. The highest BCUT2D eigenvalue weighted by atomic mass is 16.4. The van der Waals surface area contributed by atoms with Gasteiger partial charge in [0.1, 0.15) is 6.54 Å². The molecule has 0 saturated carbocycles. The number of rotatable bonds is 3. The lowest BCUT2D eigenvalue weighted by molar-refractivity contribution is -0.137. The van der Waals surface area contributed by atoms with Gasteiger partial charge in [-0.25, -0.2) is 0 Å². The molecule has 0 amide bonds. The maximum absolute atomic E-state index is 10.8. The van der Waals surface area contributed by atoms with Gasteiger partial charge in [-0.2, -0.15) is 0 Å². The van der Waals surface area contributed by atoms with Crippen molar-refractivity contribution in [1.82, 2.24) is 4.57 Å². The predicted molar refractivity (Wildman–Crippen MR) is 63.7 cm³/mol. The molecule has 0 spiro atoms. The number of benzene rings is 1. The number of hydrogen-bond acceptors (Lipinski definition) is 1. The van der Waals surface area contributed by atoms with E-state index in [-0.39, 0.29) is 6.54 Å². The van der Waals surface area contributed by atoms with Crippen molar-refractivity contribution in [2.24, 2.45) is 0 Å². The van der Waals surface area contributed by atoms with E-state index < -0.39 is 5.97 Å². The predicted octanol–water partition coefficient (Wildman–Crippen LogP) is 2.60. The number of carboxylic acid groups (broad SMARTS) is 1. The summed E-state index contributed by atoms with van der Waals surface area (Å²) in [6.07, 6.45) is 2.87. The second-order valence-corrected chi connectivity index (χ2v) is 4.05. The normalized spacial score (nSPS) is 10.9. The number of carboxylic acids is 1. The third-order valence-electron chi connectivity index (χ3n) is 2.81. The third kappa shape index (κ3) is 1.81. The first kappa shape index (κ1) is 10.7. The maximum atomic E-state index is 10.8. The average molecular weight is 217 g/mol. The van der Waals surface area contributed by atoms with E-state index >= 15 is 0 Å². The Labute approximate surface area is 94.3 Å². The SMILES string of the molecule is CCc1cn(CC(=O)O)c2cc(C)ccc12. The largest absolute Gasteiger partial charge is 0.480 e. The standard InChI is InChI=1S/C13H15NO2/c1-3-10-7-14(8-13(15)16)12-6-9(2)4-5-11(10)12/h4-7H,3,8H2,1-2H3,(H,15,16). The molecule has 1 heterocycles. The summed E-state index contributed by atoms with van der Waals surface area (Å²) in [5, 5.41) is 10.0. The van der Waals surface area contributed by atoms with E-state index in [0.29, 0.717) is 0 Å². The molecule has 0 fully saturated rings. The van der Waals surface area contributed by atoms with Gasteiger partial charge in [0.15, 0.2) is 0 Å². The summed E-state index contributed by atoms with van der Waals surface area (Å²) in [7, 11) is 0. The van der Waals surface area contributed by atoms with Crippen molar-refractivity contribution in [2.45, 2.75) is 26.8 Å². The van der Waals surface area contributed by atoms with Gasteiger partial charge in [0.25, 0.3) is 0 Å². The monoisotopic (exact) mass is 217 g/mol. The lowest BCUT2D eigenvalue weighted by atomic mass is 10.1. The molecule has 2 aromatic rings. The van der Waals surface area contributed by atoms with Crippen LogP contribution in [0.5, 0.6) is 0 Å². The average Bonchev–Trinajstić information content (AvgIpc) is 2.55. The molecular formula is C13H15NO2. The molecule has 0 atom stereocenters. The van der Waals surface area contributed by atoms with Crippen LogP contribution in [0.4, 0.5) is 0 Å². The molecule has 1 aromatic carbocycles. The Morgan fingerprint density at radius 2 is 2.19 bits per heavy atom. The van der Waals surface area contributed by atoms with Crippen molar-refractivity contribution in [2.75, 3.05) is 0 Å². The van der Waals surface area contributed by atoms with E-state index in [1.165, 1.54) is 5.56 Å². The minimum absolute atomic E-state index is 0.0277. The van der Waals surface area contributed by atoms with Crippen LogP contribution >= 0.6 is 0 Å². The van der Waals surface area contributed by atoms with Gasteiger partial charge in [0.05, 0.1) is 0 Å². The van der Waals surface area contributed by atoms with Crippen LogP contribution in [0.15, 0.2) is 24.4 Å². The summed E-state index contributed by atoms with van der Waals surface area (Å²) in [6, 6.07) is 6.17. The van der Waals surface area contributed by atoms with Gasteiger partial charge in [-0.05, 0) is 30.5 Å². The van der Waals surface area contributed by atoms with Crippen molar-refractivity contribution in [1.29, 1.82) is 0 Å². The summed E-state index contributed by atoms with van der Waals surface area (Å²) < 4.78 is 1.81. The summed E-state index contributed by atoms with van der Waals surface area (Å²) in [4.78, 5) is 10.8. The molecule has 3 heteroatoms. The fourth-order valence-corrected chi connectivity index (χ4v) is 2.04. The Kier molecular flexibility index (Phi) is 2.69. The lowest BCUT2D eigenvalue weighted by Crippen LogP contribution is -2.07. The highest BCUT2D eigenvalue weighted by Gasteiger charge is 2.09. The van der Waals surface area contributed by atoms with Gasteiger partial charge < -0.3 is 9.67 Å². The zero-order valence-corrected chi connectivity index (χ0v) is 9.53. The summed E-state index contributed by atoms with van der Waals surface area (Å²) in [5.74, 6) is -0.805. The van der Waals surface area contributed by atoms with Crippen LogP contribution in [0, 0.1) is 6.92 Å². The Hall–Kier alpha value is -1.77. The smallest absolute Gasteiger partial charge is 0.323 e. The lowest BCUT2D eigenvalue weighted by Gasteiger charge is -2.01. The number of hydrogen-bond donors (Lipinski definition) is 1. The number of aromatic nitrogens is 1. The number of aliphatic carboxylic acids is 1. The highest BCUT2D eigenvalue weighted by Crippen LogP contribution is 2.23. The molecule has 0 radical (unpaired) electrons. The van der Waals surface area contributed by atoms with E-state index in [4.69, 9.17) is 5.11 Å². The van der Waals surface area contributed by atoms with E-state index in [1.54, 1.807) is 0 Å². The third-order valence-corrected chi connectivity index (χ3v) is 2.81. The molecule has 0 unspecified atom stereocenters. The molecule has 1 aromatic heterocycles. The van der Waals surface area contributed by atoms with Crippen molar-refractivity contribution < 1.29 is 9.90 Å². The molecule has 0 aliphatic rings. The van der Waals surface area contributed by atoms with E-state index in [2.05, 4.69) is 19.1 Å². The minimum atomic E-state index is -0.805. The molecule has 0 saturated heterocycles. The van der Waals surface area contributed by atoms with Crippen LogP contribution in [0.25, 0.3) is 10.9 Å². The highest BCUT2D eigenvalue weighted by molar-refractivity contribution is 5.85. The van der Waals surface area contributed by atoms with E-state index in [0.717, 1.165) is 22.9 Å². The Bertz CT molecular complexity index is 540. The number of aryl methyl sites for hydroxylation is 2. The Morgan fingerprint density at radius 1 is 1.44 bits per heavy atom. The molecular weight excluding hydrogens is 202 g/mol. The number of nitrogens with zero attached hydrogens (tertiary/aromatic N) is 1. The molecule has 3 nitrogen and oxygen atoms in total. The van der Waals surface area contributed by atoms with Crippen LogP contribution in [-0.2, 0) is 17.8 Å². The molecule has 2 rings (SSSR count). The van der Waals surface area contributed by atoms with E-state index in [1.807, 2.05) is 23.8 Å². The van der Waals surface area contributed by atoms with E-state index in [9.17, 15) is 4.79 Å². The van der Waals surface area contributed by atoms with Gasteiger partial charge >= 0.3 is 5.97 Å². The van der Waals surface area contributed by atoms with Gasteiger partial charge in [-0.15, -0.1) is 0 Å². The first-order valence-corrected chi connectivity index (χ1v) is 5.42. The maximum Gasteiger partial charge on any atom is 0.323 e. The number of fused-ring (bicyclic) bond motifs is 1. The first-order valence-electron chi connectivity index (χ1n) is 5.42.